The van der Waals surface area contributed by atoms with Crippen LogP contribution in [0.3, 0.4) is 0 Å². The first-order chi connectivity index (χ1) is 14.9. The van der Waals surface area contributed by atoms with E-state index in [4.69, 9.17) is 21.6 Å². The van der Waals surface area contributed by atoms with Gasteiger partial charge in [-0.05, 0) is 48.9 Å². The fourth-order valence-corrected chi connectivity index (χ4v) is 5.27. The normalized spacial score (nSPS) is 15.8. The second-order valence-corrected chi connectivity index (χ2v) is 9.42. The second-order valence-electron chi connectivity index (χ2n) is 7.07. The lowest BCUT2D eigenvalue weighted by atomic mass is 10.1. The molecule has 1 aromatic heterocycles. The molecule has 1 aliphatic rings. The number of hydrogen-bond donors (Lipinski definition) is 0. The summed E-state index contributed by atoms with van der Waals surface area (Å²) in [7, 11) is -3.61. The summed E-state index contributed by atoms with van der Waals surface area (Å²) >= 11 is 6.59. The third-order valence-corrected chi connectivity index (χ3v) is 7.36. The van der Waals surface area contributed by atoms with Crippen molar-refractivity contribution in [2.45, 2.75) is 18.4 Å². The Morgan fingerprint density at radius 1 is 1.23 bits per heavy atom. The minimum atomic E-state index is -3.61. The van der Waals surface area contributed by atoms with Crippen LogP contribution >= 0.6 is 11.6 Å². The third-order valence-electron chi connectivity index (χ3n) is 5.19. The second kappa shape index (κ2) is 8.81. The molecule has 0 amide bonds. The first-order valence-electron chi connectivity index (χ1n) is 9.90. The van der Waals surface area contributed by atoms with Crippen LogP contribution in [-0.4, -0.2) is 48.6 Å². The van der Waals surface area contributed by atoms with Crippen molar-refractivity contribution in [2.24, 2.45) is 0 Å². The van der Waals surface area contributed by atoms with Gasteiger partial charge < -0.3 is 9.30 Å². The molecule has 31 heavy (non-hydrogen) atoms. The number of fused-ring (bicyclic) bond motifs is 1. The van der Waals surface area contributed by atoms with Crippen LogP contribution in [0.5, 0.6) is 0 Å². The average molecular weight is 457 g/mol. The fourth-order valence-electron chi connectivity index (χ4n) is 3.57. The highest BCUT2D eigenvalue weighted by molar-refractivity contribution is 7.89. The number of nitrogens with zero attached hydrogens (tertiary/aromatic N) is 4. The van der Waals surface area contributed by atoms with Crippen LogP contribution in [0.25, 0.3) is 22.1 Å². The van der Waals surface area contributed by atoms with Crippen LogP contribution in [0.2, 0.25) is 0 Å². The summed E-state index contributed by atoms with van der Waals surface area (Å²) in [6.07, 6.45) is 1.78. The van der Waals surface area contributed by atoms with E-state index in [0.717, 1.165) is 11.1 Å². The maximum Gasteiger partial charge on any atom is 0.243 e. The maximum absolute atomic E-state index is 13.0. The molecule has 1 saturated heterocycles. The number of ether oxygens (including phenoxy) is 1. The highest BCUT2D eigenvalue weighted by Gasteiger charge is 2.27. The van der Waals surface area contributed by atoms with Crippen LogP contribution < -0.4 is 0 Å². The number of aryl methyl sites for hydroxylation is 1. The number of imidazole rings is 1. The molecule has 0 unspecified atom stereocenters. The van der Waals surface area contributed by atoms with Gasteiger partial charge in [-0.1, -0.05) is 23.7 Å². The lowest BCUT2D eigenvalue weighted by Crippen LogP contribution is -2.40. The maximum atomic E-state index is 13.0. The van der Waals surface area contributed by atoms with E-state index >= 15 is 0 Å². The smallest absolute Gasteiger partial charge is 0.243 e. The quantitative estimate of drug-likeness (QED) is 0.584. The van der Waals surface area contributed by atoms with Gasteiger partial charge in [-0.2, -0.15) is 9.57 Å². The number of nitriles is 1. The molecule has 1 aliphatic heterocycles. The van der Waals surface area contributed by atoms with E-state index in [9.17, 15) is 8.42 Å². The summed E-state index contributed by atoms with van der Waals surface area (Å²) in [5.74, 6) is 0.560. The number of sulfonamides is 1. The summed E-state index contributed by atoms with van der Waals surface area (Å²) in [6.45, 7) is 4.08. The number of aromatic nitrogens is 2. The van der Waals surface area contributed by atoms with Crippen molar-refractivity contribution in [2.75, 3.05) is 26.3 Å². The molecule has 160 valence electrons. The number of benzene rings is 2. The zero-order valence-electron chi connectivity index (χ0n) is 17.0. The molecule has 4 rings (SSSR count). The van der Waals surface area contributed by atoms with Crippen molar-refractivity contribution in [3.05, 3.63) is 59.4 Å². The summed E-state index contributed by atoms with van der Waals surface area (Å²) in [4.78, 5) is 4.84. The Bertz CT molecular complexity index is 1280. The highest BCUT2D eigenvalue weighted by Crippen LogP contribution is 2.28. The Balaban J connectivity index is 1.73. The van der Waals surface area contributed by atoms with Crippen LogP contribution in [0.1, 0.15) is 23.9 Å². The molecular weight excluding hydrogens is 436 g/mol. The van der Waals surface area contributed by atoms with Crippen LogP contribution in [0, 0.1) is 11.3 Å². The Labute approximate surface area is 186 Å². The summed E-state index contributed by atoms with van der Waals surface area (Å²) in [6, 6.07) is 14.1. The number of hydrogen-bond acceptors (Lipinski definition) is 5. The molecule has 7 nitrogen and oxygen atoms in total. The zero-order valence-corrected chi connectivity index (χ0v) is 18.5. The average Bonchev–Trinajstić information content (AvgIpc) is 3.18. The predicted molar refractivity (Wildman–Crippen MR) is 120 cm³/mol. The largest absolute Gasteiger partial charge is 0.379 e. The third kappa shape index (κ3) is 4.23. The fraction of sp³-hybridized carbons (Fsp3) is 0.273. The van der Waals surface area contributed by atoms with Crippen LogP contribution in [0.15, 0.2) is 47.4 Å². The van der Waals surface area contributed by atoms with Gasteiger partial charge >= 0.3 is 0 Å². The Hall–Kier alpha value is -2.70. The van der Waals surface area contributed by atoms with E-state index in [1.54, 1.807) is 36.4 Å². The van der Waals surface area contributed by atoms with Gasteiger partial charge in [0.05, 0.1) is 45.8 Å². The molecule has 0 aliphatic carbocycles. The number of morpholine rings is 1. The number of halogens is 1. The zero-order chi connectivity index (χ0) is 22.0. The van der Waals surface area contributed by atoms with Gasteiger partial charge in [0.2, 0.25) is 10.0 Å². The number of rotatable bonds is 5. The molecule has 0 spiro atoms. The van der Waals surface area contributed by atoms with E-state index in [-0.39, 0.29) is 4.90 Å². The minimum absolute atomic E-state index is 0.210. The lowest BCUT2D eigenvalue weighted by molar-refractivity contribution is 0.0730. The minimum Gasteiger partial charge on any atom is -0.379 e. The van der Waals surface area contributed by atoms with Gasteiger partial charge in [-0.25, -0.2) is 13.4 Å². The van der Waals surface area contributed by atoms with E-state index in [0.29, 0.717) is 54.8 Å². The molecule has 0 radical (unpaired) electrons. The lowest BCUT2D eigenvalue weighted by Gasteiger charge is -2.26. The summed E-state index contributed by atoms with van der Waals surface area (Å²) < 4.78 is 34.6. The van der Waals surface area contributed by atoms with Crippen molar-refractivity contribution in [3.8, 4) is 6.07 Å². The van der Waals surface area contributed by atoms with E-state index < -0.39 is 10.0 Å². The first-order valence-corrected chi connectivity index (χ1v) is 11.7. The topological polar surface area (TPSA) is 88.2 Å². The van der Waals surface area contributed by atoms with Gasteiger partial charge in [0.15, 0.2) is 5.82 Å². The van der Waals surface area contributed by atoms with Crippen molar-refractivity contribution in [3.63, 3.8) is 0 Å². The molecule has 0 bridgehead atoms. The van der Waals surface area contributed by atoms with E-state index in [1.165, 1.54) is 4.31 Å². The van der Waals surface area contributed by atoms with Crippen molar-refractivity contribution in [1.82, 2.24) is 13.9 Å². The van der Waals surface area contributed by atoms with Gasteiger partial charge in [-0.15, -0.1) is 0 Å². The van der Waals surface area contributed by atoms with Crippen LogP contribution in [-0.2, 0) is 21.3 Å². The van der Waals surface area contributed by atoms with E-state index in [2.05, 4.69) is 11.1 Å². The monoisotopic (exact) mass is 456 g/mol. The molecule has 0 N–H and O–H groups in total. The van der Waals surface area contributed by atoms with E-state index in [1.807, 2.05) is 23.6 Å². The van der Waals surface area contributed by atoms with Gasteiger partial charge in [0.1, 0.15) is 0 Å². The van der Waals surface area contributed by atoms with Crippen molar-refractivity contribution >= 4 is 43.8 Å². The van der Waals surface area contributed by atoms with Gasteiger partial charge in [0.25, 0.3) is 0 Å². The molecular formula is C22H21ClN4O3S. The molecule has 9 heteroatoms. The molecule has 0 atom stereocenters. The molecule has 3 aromatic rings. The Morgan fingerprint density at radius 2 is 1.94 bits per heavy atom. The molecule has 0 saturated carbocycles. The Kier molecular flexibility index (Phi) is 6.12. The standard InChI is InChI=1S/C22H21ClN4O3S/c1-2-27-21-8-7-18(31(28,29)26-9-11-30-12-10-26)14-20(21)25-22(27)19(23)13-16-3-5-17(15-24)6-4-16/h3-8,13-14H,2,9-12H2,1H3/b19-13-. The van der Waals surface area contributed by atoms with Crippen molar-refractivity contribution in [1.29, 1.82) is 5.26 Å². The van der Waals surface area contributed by atoms with Crippen molar-refractivity contribution < 1.29 is 13.2 Å². The predicted octanol–water partition coefficient (Wildman–Crippen LogP) is 3.69. The van der Waals surface area contributed by atoms with Gasteiger partial charge in [-0.3, -0.25) is 0 Å². The SMILES string of the molecule is CCn1c(/C(Cl)=C/c2ccc(C#N)cc2)nc2cc(S(=O)(=O)N3CCOCC3)ccc21. The molecule has 1 fully saturated rings. The summed E-state index contributed by atoms with van der Waals surface area (Å²) in [5.41, 5.74) is 2.79. The summed E-state index contributed by atoms with van der Waals surface area (Å²) in [5, 5.41) is 9.37. The Morgan fingerprint density at radius 3 is 2.58 bits per heavy atom. The molecule has 2 heterocycles. The molecule has 2 aromatic carbocycles. The first kappa shape index (κ1) is 21.5. The highest BCUT2D eigenvalue weighted by atomic mass is 35.5. The van der Waals surface area contributed by atoms with Gasteiger partial charge in [0, 0.05) is 19.6 Å². The van der Waals surface area contributed by atoms with Crippen LogP contribution in [0.4, 0.5) is 0 Å².